The van der Waals surface area contributed by atoms with Gasteiger partial charge >= 0.3 is 5.97 Å². The van der Waals surface area contributed by atoms with Gasteiger partial charge in [-0.2, -0.15) is 5.26 Å². The lowest BCUT2D eigenvalue weighted by molar-refractivity contribution is -0.148. The molecule has 1 saturated heterocycles. The number of hydrogen-bond donors (Lipinski definition) is 0. The Morgan fingerprint density at radius 1 is 1.60 bits per heavy atom. The Bertz CT molecular complexity index is 247. The summed E-state index contributed by atoms with van der Waals surface area (Å²) in [5, 5.41) is 8.46. The molecule has 0 bridgehead atoms. The number of nitrogens with zero attached hydrogens (tertiary/aromatic N) is 2. The van der Waals surface area contributed by atoms with Crippen LogP contribution in [0.4, 0.5) is 0 Å². The van der Waals surface area contributed by atoms with Crippen LogP contribution in [0.2, 0.25) is 0 Å². The maximum absolute atomic E-state index is 11.5. The van der Waals surface area contributed by atoms with Gasteiger partial charge in [0.25, 0.3) is 0 Å². The monoisotopic (exact) mass is 210 g/mol. The highest BCUT2D eigenvalue weighted by Gasteiger charge is 2.28. The van der Waals surface area contributed by atoms with E-state index in [4.69, 9.17) is 10.00 Å². The van der Waals surface area contributed by atoms with Crippen LogP contribution in [0.1, 0.15) is 32.1 Å². The van der Waals surface area contributed by atoms with Crippen LogP contribution < -0.4 is 0 Å². The van der Waals surface area contributed by atoms with Gasteiger partial charge in [0.05, 0.1) is 13.2 Å². The Balaban J connectivity index is 2.43. The summed E-state index contributed by atoms with van der Waals surface area (Å²) in [6.45, 7) is 1.78. The van der Waals surface area contributed by atoms with Crippen LogP contribution in [-0.2, 0) is 9.53 Å². The highest BCUT2D eigenvalue weighted by Crippen LogP contribution is 2.18. The molecule has 0 spiro atoms. The molecular weight excluding hydrogens is 192 g/mol. The number of esters is 1. The summed E-state index contributed by atoms with van der Waals surface area (Å²) in [4.78, 5) is 13.6. The topological polar surface area (TPSA) is 53.3 Å². The second kappa shape index (κ2) is 6.41. The van der Waals surface area contributed by atoms with Crippen molar-refractivity contribution in [2.75, 3.05) is 20.2 Å². The number of unbranched alkanes of at least 4 members (excludes halogenated alkanes) is 1. The number of piperidine rings is 1. The molecule has 1 unspecified atom stereocenters. The zero-order chi connectivity index (χ0) is 11.1. The minimum atomic E-state index is -0.133. The van der Waals surface area contributed by atoms with Gasteiger partial charge in [-0.1, -0.05) is 6.42 Å². The average Bonchev–Trinajstić information content (AvgIpc) is 2.29. The van der Waals surface area contributed by atoms with Crippen molar-refractivity contribution in [3.63, 3.8) is 0 Å². The normalized spacial score (nSPS) is 22.0. The Morgan fingerprint density at radius 3 is 3.07 bits per heavy atom. The van der Waals surface area contributed by atoms with Crippen molar-refractivity contribution in [2.24, 2.45) is 0 Å². The first-order valence-corrected chi connectivity index (χ1v) is 5.48. The maximum atomic E-state index is 11.5. The molecule has 0 aliphatic carbocycles. The highest BCUT2D eigenvalue weighted by molar-refractivity contribution is 5.75. The van der Waals surface area contributed by atoms with Crippen molar-refractivity contribution in [3.8, 4) is 6.07 Å². The van der Waals surface area contributed by atoms with Gasteiger partial charge in [-0.3, -0.25) is 9.69 Å². The molecule has 0 N–H and O–H groups in total. The first-order chi connectivity index (χ1) is 7.29. The molecule has 4 heteroatoms. The van der Waals surface area contributed by atoms with Gasteiger partial charge in [0.2, 0.25) is 0 Å². The number of methoxy groups -OCH3 is 1. The van der Waals surface area contributed by atoms with E-state index in [1.54, 1.807) is 0 Å². The lowest BCUT2D eigenvalue weighted by atomic mass is 10.0. The molecule has 15 heavy (non-hydrogen) atoms. The molecular formula is C11H18N2O2. The average molecular weight is 210 g/mol. The number of carbonyl (C=O) groups excluding carboxylic acids is 1. The number of rotatable bonds is 4. The Kier molecular flexibility index (Phi) is 5.13. The first kappa shape index (κ1) is 12.0. The minimum Gasteiger partial charge on any atom is -0.468 e. The molecule has 0 amide bonds. The predicted octanol–water partition coefficient (Wildman–Crippen LogP) is 1.32. The molecule has 1 aliphatic heterocycles. The van der Waals surface area contributed by atoms with E-state index in [1.807, 2.05) is 0 Å². The van der Waals surface area contributed by atoms with Crippen molar-refractivity contribution in [2.45, 2.75) is 38.1 Å². The molecule has 1 heterocycles. The van der Waals surface area contributed by atoms with Gasteiger partial charge in [-0.15, -0.1) is 0 Å². The van der Waals surface area contributed by atoms with Gasteiger partial charge in [-0.05, 0) is 32.4 Å². The van der Waals surface area contributed by atoms with Crippen LogP contribution in [0, 0.1) is 11.3 Å². The number of hydrogen-bond acceptors (Lipinski definition) is 4. The smallest absolute Gasteiger partial charge is 0.323 e. The van der Waals surface area contributed by atoms with E-state index in [0.717, 1.165) is 38.8 Å². The molecule has 0 saturated carbocycles. The van der Waals surface area contributed by atoms with Gasteiger partial charge in [0, 0.05) is 6.42 Å². The summed E-state index contributed by atoms with van der Waals surface area (Å²) in [6.07, 6.45) is 4.52. The predicted molar refractivity (Wildman–Crippen MR) is 56.1 cm³/mol. The van der Waals surface area contributed by atoms with Crippen molar-refractivity contribution < 1.29 is 9.53 Å². The quantitative estimate of drug-likeness (QED) is 0.518. The number of ether oxygens (including phenoxy) is 1. The van der Waals surface area contributed by atoms with Crippen LogP contribution >= 0.6 is 0 Å². The molecule has 1 rings (SSSR count). The summed E-state index contributed by atoms with van der Waals surface area (Å²) in [6, 6.07) is 2.04. The molecule has 4 nitrogen and oxygen atoms in total. The molecule has 1 aliphatic rings. The fraction of sp³-hybridized carbons (Fsp3) is 0.818. The summed E-state index contributed by atoms with van der Waals surface area (Å²) in [5.74, 6) is -0.133. The summed E-state index contributed by atoms with van der Waals surface area (Å²) in [5.41, 5.74) is 0. The Labute approximate surface area is 90.8 Å². The van der Waals surface area contributed by atoms with Crippen LogP contribution in [0.25, 0.3) is 0 Å². The van der Waals surface area contributed by atoms with E-state index >= 15 is 0 Å². The maximum Gasteiger partial charge on any atom is 0.323 e. The standard InChI is InChI=1S/C11H18N2O2/c1-15-11(14)10-6-2-4-8-13(10)9-5-3-7-12/h10H,2-6,8-9H2,1H3. The second-order valence-corrected chi connectivity index (χ2v) is 3.83. The van der Waals surface area contributed by atoms with Crippen LogP contribution in [0.3, 0.4) is 0 Å². The molecule has 1 fully saturated rings. The Hall–Kier alpha value is -1.08. The zero-order valence-electron chi connectivity index (χ0n) is 9.24. The molecule has 0 aromatic carbocycles. The summed E-state index contributed by atoms with van der Waals surface area (Å²) < 4.78 is 4.78. The van der Waals surface area contributed by atoms with Crippen molar-refractivity contribution >= 4 is 5.97 Å². The van der Waals surface area contributed by atoms with E-state index in [9.17, 15) is 4.79 Å². The van der Waals surface area contributed by atoms with Crippen LogP contribution in [-0.4, -0.2) is 37.1 Å². The summed E-state index contributed by atoms with van der Waals surface area (Å²) >= 11 is 0. The number of carbonyl (C=O) groups is 1. The van der Waals surface area contributed by atoms with Gasteiger partial charge in [0.15, 0.2) is 0 Å². The van der Waals surface area contributed by atoms with Crippen molar-refractivity contribution in [1.82, 2.24) is 4.90 Å². The molecule has 1 atom stereocenters. The van der Waals surface area contributed by atoms with Crippen LogP contribution in [0.15, 0.2) is 0 Å². The lowest BCUT2D eigenvalue weighted by Crippen LogP contribution is -2.45. The minimum absolute atomic E-state index is 0.0811. The van der Waals surface area contributed by atoms with Crippen molar-refractivity contribution in [1.29, 1.82) is 5.26 Å². The lowest BCUT2D eigenvalue weighted by Gasteiger charge is -2.33. The van der Waals surface area contributed by atoms with Gasteiger partial charge in [-0.25, -0.2) is 0 Å². The molecule has 0 radical (unpaired) electrons. The zero-order valence-corrected chi connectivity index (χ0v) is 9.24. The molecule has 0 aromatic rings. The second-order valence-electron chi connectivity index (χ2n) is 3.83. The molecule has 0 aromatic heterocycles. The van der Waals surface area contributed by atoms with E-state index in [0.29, 0.717) is 6.42 Å². The van der Waals surface area contributed by atoms with E-state index < -0.39 is 0 Å². The number of nitriles is 1. The van der Waals surface area contributed by atoms with E-state index in [2.05, 4.69) is 11.0 Å². The SMILES string of the molecule is COC(=O)C1CCCCN1CCCC#N. The summed E-state index contributed by atoms with van der Waals surface area (Å²) in [7, 11) is 1.43. The third kappa shape index (κ3) is 3.52. The third-order valence-corrected chi connectivity index (χ3v) is 2.82. The largest absolute Gasteiger partial charge is 0.468 e. The van der Waals surface area contributed by atoms with Gasteiger partial charge < -0.3 is 4.74 Å². The number of likely N-dealkylation sites (tertiary alicyclic amines) is 1. The van der Waals surface area contributed by atoms with Crippen LogP contribution in [0.5, 0.6) is 0 Å². The fourth-order valence-electron chi connectivity index (χ4n) is 2.02. The molecule has 84 valence electrons. The highest BCUT2D eigenvalue weighted by atomic mass is 16.5. The first-order valence-electron chi connectivity index (χ1n) is 5.48. The van der Waals surface area contributed by atoms with Crippen molar-refractivity contribution in [3.05, 3.63) is 0 Å². The van der Waals surface area contributed by atoms with Gasteiger partial charge in [0.1, 0.15) is 6.04 Å². The van der Waals surface area contributed by atoms with E-state index in [-0.39, 0.29) is 12.0 Å². The fourth-order valence-corrected chi connectivity index (χ4v) is 2.02. The van der Waals surface area contributed by atoms with E-state index in [1.165, 1.54) is 7.11 Å². The third-order valence-electron chi connectivity index (χ3n) is 2.82. The Morgan fingerprint density at radius 2 is 2.40 bits per heavy atom.